The first-order chi connectivity index (χ1) is 3.80. The lowest BCUT2D eigenvalue weighted by Gasteiger charge is -2.03. The van der Waals surface area contributed by atoms with Crippen molar-refractivity contribution in [3.8, 4) is 0 Å². The van der Waals surface area contributed by atoms with Gasteiger partial charge in [0.15, 0.2) is 0 Å². The first-order valence-electron chi connectivity index (χ1n) is 2.65. The zero-order valence-corrected chi connectivity index (χ0v) is 5.07. The molecule has 1 rings (SSSR count). The maximum absolute atomic E-state index is 3.66. The molecule has 0 atom stereocenters. The second-order valence-corrected chi connectivity index (χ2v) is 2.00. The molecule has 0 fully saturated rings. The molecule has 0 saturated heterocycles. The smallest absolute Gasteiger partial charge is 0.213 e. The Balaban J connectivity index is 2.49. The highest BCUT2D eigenvalue weighted by molar-refractivity contribution is 5.78. The Kier molecular flexibility index (Phi) is 1.28. The van der Waals surface area contributed by atoms with Crippen LogP contribution in [0, 0.1) is 0 Å². The van der Waals surface area contributed by atoms with E-state index in [-0.39, 0.29) is 0 Å². The molecule has 1 heterocycles. The minimum atomic E-state index is 0.477. The summed E-state index contributed by atoms with van der Waals surface area (Å²) in [7, 11) is 0. The van der Waals surface area contributed by atoms with Crippen LogP contribution in [0.3, 0.4) is 0 Å². The lowest BCUT2D eigenvalue weighted by atomic mass is 10.4. The topological polar surface area (TPSA) is 29.7 Å². The van der Waals surface area contributed by atoms with Crippen molar-refractivity contribution in [3.05, 3.63) is 0 Å². The van der Waals surface area contributed by atoms with Crippen molar-refractivity contribution in [1.82, 2.24) is 10.0 Å². The average molecular weight is 111 g/mol. The third kappa shape index (κ3) is 0.857. The summed E-state index contributed by atoms with van der Waals surface area (Å²) in [5, 5.41) is 7.31. The van der Waals surface area contributed by atoms with Gasteiger partial charge in [-0.25, -0.2) is 4.90 Å². The van der Waals surface area contributed by atoms with Crippen LogP contribution in [0.4, 0.5) is 0 Å². The molecule has 0 bridgehead atoms. The van der Waals surface area contributed by atoms with Gasteiger partial charge in [0.1, 0.15) is 0 Å². The van der Waals surface area contributed by atoms with Crippen molar-refractivity contribution < 1.29 is 0 Å². The Bertz CT molecular complexity index is 114. The molecule has 43 valence electrons. The number of hydrogen-bond donors (Lipinski definition) is 0. The molecule has 3 heteroatoms. The largest absolute Gasteiger partial charge is 0.316 e. The lowest BCUT2D eigenvalue weighted by Crippen LogP contribution is -2.25. The fourth-order valence-electron chi connectivity index (χ4n) is 0.475. The molecule has 3 nitrogen and oxygen atoms in total. The van der Waals surface area contributed by atoms with E-state index in [4.69, 9.17) is 0 Å². The predicted octanol–water partition coefficient (Wildman–Crippen LogP) is 0.0178. The van der Waals surface area contributed by atoms with Gasteiger partial charge in [-0.15, -0.1) is 0 Å². The summed E-state index contributed by atoms with van der Waals surface area (Å²) in [6.07, 6.45) is 3.43. The Labute approximate surface area is 48.7 Å². The van der Waals surface area contributed by atoms with Crippen LogP contribution in [0.25, 0.3) is 0 Å². The van der Waals surface area contributed by atoms with Gasteiger partial charge in [-0.05, 0) is 18.9 Å². The summed E-state index contributed by atoms with van der Waals surface area (Å²) in [4.78, 5) is 1.94. The Morgan fingerprint density at radius 1 is 1.62 bits per heavy atom. The van der Waals surface area contributed by atoms with E-state index in [9.17, 15) is 0 Å². The first-order valence-corrected chi connectivity index (χ1v) is 2.65. The van der Waals surface area contributed by atoms with Crippen LogP contribution in [0.5, 0.6) is 0 Å². The zero-order valence-electron chi connectivity index (χ0n) is 5.07. The molecular formula is C5H9N3+. The van der Waals surface area contributed by atoms with E-state index in [2.05, 4.69) is 24.1 Å². The summed E-state index contributed by atoms with van der Waals surface area (Å²) in [6, 6.07) is 0.477. The van der Waals surface area contributed by atoms with Gasteiger partial charge in [0.2, 0.25) is 6.34 Å². The van der Waals surface area contributed by atoms with Gasteiger partial charge in [-0.2, -0.15) is 0 Å². The summed E-state index contributed by atoms with van der Waals surface area (Å²) in [5.41, 5.74) is 0. The predicted molar refractivity (Wildman–Crippen MR) is 33.7 cm³/mol. The van der Waals surface area contributed by atoms with Crippen LogP contribution in [0.1, 0.15) is 13.8 Å². The molecule has 8 heavy (non-hydrogen) atoms. The summed E-state index contributed by atoms with van der Waals surface area (Å²) in [6.45, 7) is 4.17. The van der Waals surface area contributed by atoms with Gasteiger partial charge in [0.05, 0.1) is 11.1 Å². The van der Waals surface area contributed by atoms with Crippen LogP contribution in [0.15, 0.2) is 5.10 Å². The number of rotatable bonds is 1. The van der Waals surface area contributed by atoms with Crippen LogP contribution in [-0.4, -0.2) is 23.6 Å². The highest BCUT2D eigenvalue weighted by atomic mass is 15.4. The van der Waals surface area contributed by atoms with Gasteiger partial charge in [-0.3, -0.25) is 0 Å². The van der Waals surface area contributed by atoms with E-state index in [0.29, 0.717) is 6.04 Å². The van der Waals surface area contributed by atoms with Crippen molar-refractivity contribution in [3.63, 3.8) is 0 Å². The molecular weight excluding hydrogens is 102 g/mol. The number of nitrogens with zero attached hydrogens (tertiary/aromatic N) is 3. The second kappa shape index (κ2) is 1.94. The van der Waals surface area contributed by atoms with E-state index in [1.165, 1.54) is 0 Å². The van der Waals surface area contributed by atoms with Crippen molar-refractivity contribution in [2.75, 3.05) is 0 Å². The quantitative estimate of drug-likeness (QED) is 0.469. The average Bonchev–Trinajstić information content (AvgIpc) is 2.12. The minimum absolute atomic E-state index is 0.477. The molecule has 0 aromatic carbocycles. The van der Waals surface area contributed by atoms with Crippen molar-refractivity contribution in [2.45, 2.75) is 19.9 Å². The highest BCUT2D eigenvalue weighted by Crippen LogP contribution is 1.91. The molecule has 0 unspecified atom stereocenters. The fraction of sp³-hybridized carbons (Fsp3) is 0.600. The van der Waals surface area contributed by atoms with Crippen molar-refractivity contribution >= 4 is 12.7 Å². The standard InChI is InChI=1S/C5H9N3/c1-5(2)8-3-6-7-4-8/h3-5H,1-2H3/q+1. The SMILES string of the molecule is CC(C)N1C=N[N+]=C1. The molecule has 1 aliphatic rings. The Morgan fingerprint density at radius 3 is 2.62 bits per heavy atom. The molecule has 0 spiro atoms. The van der Waals surface area contributed by atoms with Gasteiger partial charge < -0.3 is 0 Å². The van der Waals surface area contributed by atoms with E-state index in [0.717, 1.165) is 0 Å². The molecule has 1 aliphatic heterocycles. The minimum Gasteiger partial charge on any atom is -0.213 e. The van der Waals surface area contributed by atoms with Gasteiger partial charge in [0, 0.05) is 0 Å². The Morgan fingerprint density at radius 2 is 2.38 bits per heavy atom. The fourth-order valence-corrected chi connectivity index (χ4v) is 0.475. The lowest BCUT2D eigenvalue weighted by molar-refractivity contribution is 0.531. The second-order valence-electron chi connectivity index (χ2n) is 2.00. The highest BCUT2D eigenvalue weighted by Gasteiger charge is 2.13. The van der Waals surface area contributed by atoms with Gasteiger partial charge in [0.25, 0.3) is 0 Å². The van der Waals surface area contributed by atoms with Gasteiger partial charge in [-0.1, -0.05) is 0 Å². The first kappa shape index (κ1) is 5.28. The Hall–Kier alpha value is -0.860. The molecule has 0 aliphatic carbocycles. The van der Waals surface area contributed by atoms with Crippen LogP contribution in [0.2, 0.25) is 0 Å². The van der Waals surface area contributed by atoms with Crippen LogP contribution >= 0.6 is 0 Å². The molecule has 0 aromatic heterocycles. The molecule has 1 radical (unpaired) electrons. The third-order valence-corrected chi connectivity index (χ3v) is 1.03. The zero-order chi connectivity index (χ0) is 5.98. The summed E-state index contributed by atoms with van der Waals surface area (Å²) >= 11 is 0. The molecule has 0 saturated carbocycles. The molecule has 0 amide bonds. The van der Waals surface area contributed by atoms with Crippen LogP contribution < -0.4 is 5.10 Å². The van der Waals surface area contributed by atoms with Gasteiger partial charge >= 0.3 is 6.34 Å². The van der Waals surface area contributed by atoms with E-state index in [1.807, 2.05) is 4.90 Å². The van der Waals surface area contributed by atoms with E-state index in [1.54, 1.807) is 12.7 Å². The number of hydrogen-bond acceptors (Lipinski definition) is 3. The summed E-state index contributed by atoms with van der Waals surface area (Å²) < 4.78 is 0. The maximum Gasteiger partial charge on any atom is 0.316 e. The van der Waals surface area contributed by atoms with E-state index < -0.39 is 0 Å². The molecule has 0 aromatic rings. The third-order valence-electron chi connectivity index (χ3n) is 1.03. The van der Waals surface area contributed by atoms with Crippen LogP contribution in [-0.2, 0) is 0 Å². The normalized spacial score (nSPS) is 16.6. The summed E-state index contributed by atoms with van der Waals surface area (Å²) in [5.74, 6) is 0. The van der Waals surface area contributed by atoms with Crippen molar-refractivity contribution in [1.29, 1.82) is 0 Å². The monoisotopic (exact) mass is 111 g/mol. The van der Waals surface area contributed by atoms with Crippen molar-refractivity contribution in [2.24, 2.45) is 5.10 Å². The van der Waals surface area contributed by atoms with E-state index >= 15 is 0 Å². The maximum atomic E-state index is 3.66. The molecule has 0 N–H and O–H groups in total.